The summed E-state index contributed by atoms with van der Waals surface area (Å²) in [6.07, 6.45) is 0. The van der Waals surface area contributed by atoms with Gasteiger partial charge >= 0.3 is 0 Å². The van der Waals surface area contributed by atoms with E-state index in [1.807, 2.05) is 13.1 Å². The van der Waals surface area contributed by atoms with Gasteiger partial charge in [-0.2, -0.15) is 0 Å². The largest absolute Gasteiger partial charge is 0.369 e. The lowest BCUT2D eigenvalue weighted by Gasteiger charge is -2.21. The Morgan fingerprint density at radius 3 is 2.67 bits per heavy atom. The monoisotopic (exact) mass is 280 g/mol. The normalized spacial score (nSPS) is 10.6. The van der Waals surface area contributed by atoms with E-state index in [9.17, 15) is 0 Å². The van der Waals surface area contributed by atoms with Crippen LogP contribution in [0.2, 0.25) is 4.34 Å². The summed E-state index contributed by atoms with van der Waals surface area (Å²) < 4.78 is 0.849. The van der Waals surface area contributed by atoms with Gasteiger partial charge in [0.2, 0.25) is 0 Å². The van der Waals surface area contributed by atoms with Crippen LogP contribution in [0.1, 0.15) is 10.4 Å². The third-order valence-corrected chi connectivity index (χ3v) is 4.01. The van der Waals surface area contributed by atoms with Crippen molar-refractivity contribution in [3.8, 4) is 0 Å². The lowest BCUT2D eigenvalue weighted by Crippen LogP contribution is -2.19. The van der Waals surface area contributed by atoms with Gasteiger partial charge in [0.15, 0.2) is 0 Å². The molecular weight excluding hydrogens is 264 g/mol. The van der Waals surface area contributed by atoms with Crippen LogP contribution >= 0.6 is 22.9 Å². The predicted molar refractivity (Wildman–Crippen MR) is 80.6 cm³/mol. The summed E-state index contributed by atoms with van der Waals surface area (Å²) in [5, 5.41) is 3.20. The van der Waals surface area contributed by atoms with Gasteiger partial charge in [-0.25, -0.2) is 0 Å². The van der Waals surface area contributed by atoms with E-state index >= 15 is 0 Å². The minimum Gasteiger partial charge on any atom is -0.369 e. The molecule has 1 aromatic carbocycles. The molecule has 0 fully saturated rings. The summed E-state index contributed by atoms with van der Waals surface area (Å²) in [5.74, 6) is 0. The first-order valence-electron chi connectivity index (χ1n) is 5.88. The minimum atomic E-state index is 0.849. The van der Waals surface area contributed by atoms with Crippen LogP contribution in [-0.2, 0) is 13.1 Å². The Hall–Kier alpha value is -1.03. The molecule has 1 aromatic heterocycles. The average Bonchev–Trinajstić information content (AvgIpc) is 2.76. The first-order chi connectivity index (χ1) is 8.70. The van der Waals surface area contributed by atoms with Crippen LogP contribution in [0.15, 0.2) is 36.4 Å². The van der Waals surface area contributed by atoms with Crippen molar-refractivity contribution in [3.63, 3.8) is 0 Å². The fourth-order valence-corrected chi connectivity index (χ4v) is 3.12. The number of hydrogen-bond donors (Lipinski definition) is 1. The minimum absolute atomic E-state index is 0.849. The maximum atomic E-state index is 5.96. The molecule has 4 heteroatoms. The fraction of sp³-hybridized carbons (Fsp3) is 0.286. The molecule has 0 aliphatic heterocycles. The highest BCUT2D eigenvalue weighted by molar-refractivity contribution is 7.16. The SMILES string of the molecule is CNCc1ccccc1N(C)Cc1ccc(Cl)s1. The molecule has 1 N–H and O–H groups in total. The van der Waals surface area contributed by atoms with E-state index in [0.29, 0.717) is 0 Å². The van der Waals surface area contributed by atoms with E-state index in [1.165, 1.54) is 16.1 Å². The lowest BCUT2D eigenvalue weighted by atomic mass is 10.1. The lowest BCUT2D eigenvalue weighted by molar-refractivity contribution is 0.807. The molecule has 0 saturated carbocycles. The second-order valence-electron chi connectivity index (χ2n) is 4.22. The number of benzene rings is 1. The molecule has 0 unspecified atom stereocenters. The number of halogens is 1. The predicted octanol–water partition coefficient (Wildman–Crippen LogP) is 3.76. The topological polar surface area (TPSA) is 15.3 Å². The van der Waals surface area contributed by atoms with Crippen molar-refractivity contribution in [3.05, 3.63) is 51.2 Å². The van der Waals surface area contributed by atoms with Crippen LogP contribution < -0.4 is 10.2 Å². The number of hydrogen-bond acceptors (Lipinski definition) is 3. The smallest absolute Gasteiger partial charge is 0.0931 e. The maximum absolute atomic E-state index is 5.96. The molecule has 0 spiro atoms. The molecule has 0 aliphatic carbocycles. The zero-order chi connectivity index (χ0) is 13.0. The standard InChI is InChI=1S/C14H17ClN2S/c1-16-9-11-5-3-4-6-13(11)17(2)10-12-7-8-14(15)18-12/h3-8,16H,9-10H2,1-2H3. The Labute approximate surface area is 117 Å². The molecule has 96 valence electrons. The van der Waals surface area contributed by atoms with Gasteiger partial charge < -0.3 is 10.2 Å². The Morgan fingerprint density at radius 1 is 1.22 bits per heavy atom. The summed E-state index contributed by atoms with van der Waals surface area (Å²) in [7, 11) is 4.08. The van der Waals surface area contributed by atoms with E-state index < -0.39 is 0 Å². The number of nitrogens with one attached hydrogen (secondary N) is 1. The van der Waals surface area contributed by atoms with E-state index in [4.69, 9.17) is 11.6 Å². The van der Waals surface area contributed by atoms with Gasteiger partial charge in [-0.1, -0.05) is 29.8 Å². The summed E-state index contributed by atoms with van der Waals surface area (Å²) >= 11 is 7.60. The van der Waals surface area contributed by atoms with Gasteiger partial charge in [-0.3, -0.25) is 0 Å². The maximum Gasteiger partial charge on any atom is 0.0931 e. The van der Waals surface area contributed by atoms with Gasteiger partial charge in [-0.05, 0) is 30.8 Å². The van der Waals surface area contributed by atoms with E-state index in [-0.39, 0.29) is 0 Å². The molecule has 0 aliphatic rings. The van der Waals surface area contributed by atoms with Gasteiger partial charge in [0, 0.05) is 24.2 Å². The highest BCUT2D eigenvalue weighted by atomic mass is 35.5. The first kappa shape index (κ1) is 13.4. The zero-order valence-corrected chi connectivity index (χ0v) is 12.2. The Kier molecular flexibility index (Phi) is 4.64. The van der Waals surface area contributed by atoms with Gasteiger partial charge in [0.1, 0.15) is 0 Å². The molecule has 2 nitrogen and oxygen atoms in total. The molecule has 1 heterocycles. The highest BCUT2D eigenvalue weighted by Crippen LogP contribution is 2.26. The van der Waals surface area contributed by atoms with Crippen LogP contribution in [0.4, 0.5) is 5.69 Å². The van der Waals surface area contributed by atoms with E-state index in [1.54, 1.807) is 11.3 Å². The molecular formula is C14H17ClN2S. The highest BCUT2D eigenvalue weighted by Gasteiger charge is 2.08. The van der Waals surface area contributed by atoms with Crippen molar-refractivity contribution in [2.45, 2.75) is 13.1 Å². The van der Waals surface area contributed by atoms with Gasteiger partial charge in [-0.15, -0.1) is 11.3 Å². The number of para-hydroxylation sites is 1. The Bertz CT molecular complexity index is 510. The Morgan fingerprint density at radius 2 is 2.00 bits per heavy atom. The first-order valence-corrected chi connectivity index (χ1v) is 7.08. The van der Waals surface area contributed by atoms with Gasteiger partial charge in [0.25, 0.3) is 0 Å². The number of nitrogens with zero attached hydrogens (tertiary/aromatic N) is 1. The van der Waals surface area contributed by atoms with Gasteiger partial charge in [0.05, 0.1) is 10.9 Å². The van der Waals surface area contributed by atoms with Crippen LogP contribution in [0.25, 0.3) is 0 Å². The fourth-order valence-electron chi connectivity index (χ4n) is 1.98. The molecule has 0 saturated heterocycles. The molecule has 0 radical (unpaired) electrons. The van der Waals surface area contributed by atoms with Crippen molar-refractivity contribution in [2.75, 3.05) is 19.0 Å². The molecule has 0 bridgehead atoms. The van der Waals surface area contributed by atoms with Crippen LogP contribution in [0.3, 0.4) is 0 Å². The van der Waals surface area contributed by atoms with Crippen LogP contribution in [0.5, 0.6) is 0 Å². The van der Waals surface area contributed by atoms with Crippen molar-refractivity contribution >= 4 is 28.6 Å². The van der Waals surface area contributed by atoms with Crippen LogP contribution in [-0.4, -0.2) is 14.1 Å². The summed E-state index contributed by atoms with van der Waals surface area (Å²) in [6, 6.07) is 12.5. The summed E-state index contributed by atoms with van der Waals surface area (Å²) in [4.78, 5) is 3.54. The van der Waals surface area contributed by atoms with Crippen molar-refractivity contribution < 1.29 is 0 Å². The zero-order valence-electron chi connectivity index (χ0n) is 10.6. The number of thiophene rings is 1. The van der Waals surface area contributed by atoms with E-state index in [2.05, 4.69) is 47.6 Å². The van der Waals surface area contributed by atoms with E-state index in [0.717, 1.165) is 17.4 Å². The summed E-state index contributed by atoms with van der Waals surface area (Å²) in [6.45, 7) is 1.77. The van der Waals surface area contributed by atoms with Crippen molar-refractivity contribution in [1.82, 2.24) is 5.32 Å². The summed E-state index contributed by atoms with van der Waals surface area (Å²) in [5.41, 5.74) is 2.57. The average molecular weight is 281 g/mol. The van der Waals surface area contributed by atoms with Crippen molar-refractivity contribution in [1.29, 1.82) is 0 Å². The molecule has 2 rings (SSSR count). The number of anilines is 1. The molecule has 0 amide bonds. The molecule has 18 heavy (non-hydrogen) atoms. The third kappa shape index (κ3) is 3.25. The third-order valence-electron chi connectivity index (χ3n) is 2.79. The second-order valence-corrected chi connectivity index (χ2v) is 6.02. The Balaban J connectivity index is 2.15. The quantitative estimate of drug-likeness (QED) is 0.897. The van der Waals surface area contributed by atoms with Crippen LogP contribution in [0, 0.1) is 0 Å². The number of rotatable bonds is 5. The second kappa shape index (κ2) is 6.23. The molecule has 0 atom stereocenters. The van der Waals surface area contributed by atoms with Crippen molar-refractivity contribution in [2.24, 2.45) is 0 Å². The molecule has 2 aromatic rings.